The van der Waals surface area contributed by atoms with E-state index >= 15 is 0 Å². The highest BCUT2D eigenvalue weighted by Gasteiger charge is 2.11. The van der Waals surface area contributed by atoms with Crippen LogP contribution in [0.3, 0.4) is 0 Å². The summed E-state index contributed by atoms with van der Waals surface area (Å²) in [5, 5.41) is 4.36. The van der Waals surface area contributed by atoms with Crippen molar-refractivity contribution < 1.29 is 13.9 Å². The zero-order valence-corrected chi connectivity index (χ0v) is 18.3. The Balaban J connectivity index is 1.52. The van der Waals surface area contributed by atoms with Crippen LogP contribution in [-0.2, 0) is 6.61 Å². The maximum absolute atomic E-state index is 13.3. The first-order valence-corrected chi connectivity index (χ1v) is 10.6. The Labute approximate surface area is 194 Å². The molecule has 3 aromatic carbocycles. The van der Waals surface area contributed by atoms with E-state index in [0.717, 1.165) is 5.39 Å². The summed E-state index contributed by atoms with van der Waals surface area (Å²) >= 11 is 12.1. The van der Waals surface area contributed by atoms with Gasteiger partial charge in [0.2, 0.25) is 0 Å². The number of nitrogens with zero attached hydrogens (tertiary/aromatic N) is 2. The Morgan fingerprint density at radius 1 is 1.00 bits per heavy atom. The van der Waals surface area contributed by atoms with Crippen molar-refractivity contribution in [2.24, 2.45) is 0 Å². The lowest BCUT2D eigenvalue weighted by atomic mass is 10.2. The summed E-state index contributed by atoms with van der Waals surface area (Å²) in [6.07, 6.45) is 1.45. The number of rotatable bonds is 8. The minimum absolute atomic E-state index is 0.203. The number of benzene rings is 3. The van der Waals surface area contributed by atoms with Crippen molar-refractivity contribution >= 4 is 51.3 Å². The third kappa shape index (κ3) is 5.12. The van der Waals surface area contributed by atoms with E-state index in [-0.39, 0.29) is 12.4 Å². The van der Waals surface area contributed by atoms with Crippen molar-refractivity contribution in [3.8, 4) is 11.5 Å². The van der Waals surface area contributed by atoms with Gasteiger partial charge in [0.1, 0.15) is 42.7 Å². The van der Waals surface area contributed by atoms with Crippen LogP contribution in [0.4, 0.5) is 21.6 Å². The van der Waals surface area contributed by atoms with E-state index in [9.17, 15) is 4.39 Å². The molecule has 32 heavy (non-hydrogen) atoms. The average molecular weight is 473 g/mol. The number of halogens is 3. The van der Waals surface area contributed by atoms with E-state index in [2.05, 4.69) is 15.3 Å². The van der Waals surface area contributed by atoms with Gasteiger partial charge in [-0.25, -0.2) is 14.4 Å². The molecule has 0 saturated carbocycles. The first-order valence-electron chi connectivity index (χ1n) is 9.70. The number of alkyl halides is 1. The summed E-state index contributed by atoms with van der Waals surface area (Å²) in [6.45, 7) is 0.549. The van der Waals surface area contributed by atoms with Gasteiger partial charge in [-0.3, -0.25) is 0 Å². The Bertz CT molecular complexity index is 1260. The number of aromatic nitrogens is 2. The zero-order valence-electron chi connectivity index (χ0n) is 16.8. The normalized spacial score (nSPS) is 10.8. The summed E-state index contributed by atoms with van der Waals surface area (Å²) in [7, 11) is 0. The molecule has 0 aliphatic carbocycles. The molecule has 4 aromatic rings. The van der Waals surface area contributed by atoms with E-state index in [1.54, 1.807) is 36.4 Å². The van der Waals surface area contributed by atoms with Crippen LogP contribution in [0, 0.1) is 5.82 Å². The number of hydrogen-bond donors (Lipinski definition) is 2. The molecule has 0 aliphatic rings. The van der Waals surface area contributed by atoms with Gasteiger partial charge in [0.05, 0.1) is 22.1 Å². The molecule has 0 aliphatic heterocycles. The average Bonchev–Trinajstić information content (AvgIpc) is 2.78. The molecular weight excluding hydrogens is 454 g/mol. The highest BCUT2D eigenvalue weighted by Crippen LogP contribution is 2.33. The van der Waals surface area contributed by atoms with Crippen LogP contribution in [0.1, 0.15) is 5.56 Å². The number of ether oxygens (including phenoxy) is 2. The lowest BCUT2D eigenvalue weighted by Gasteiger charge is -2.13. The van der Waals surface area contributed by atoms with Gasteiger partial charge in [0, 0.05) is 17.1 Å². The summed E-state index contributed by atoms with van der Waals surface area (Å²) in [4.78, 5) is 8.61. The van der Waals surface area contributed by atoms with Crippen LogP contribution in [0.5, 0.6) is 11.5 Å². The molecule has 0 amide bonds. The van der Waals surface area contributed by atoms with Crippen molar-refractivity contribution in [1.82, 2.24) is 9.97 Å². The number of hydrogen-bond acceptors (Lipinski definition) is 6. The third-order valence-electron chi connectivity index (χ3n) is 4.58. The molecule has 0 fully saturated rings. The molecule has 0 unspecified atom stereocenters. The second-order valence-electron chi connectivity index (χ2n) is 6.86. The Morgan fingerprint density at radius 2 is 1.88 bits per heavy atom. The van der Waals surface area contributed by atoms with Crippen molar-refractivity contribution in [1.29, 1.82) is 0 Å². The van der Waals surface area contributed by atoms with E-state index in [0.29, 0.717) is 57.3 Å². The number of anilines is 3. The molecule has 1 aromatic heterocycles. The van der Waals surface area contributed by atoms with E-state index in [4.69, 9.17) is 38.4 Å². The number of nitrogens with one attached hydrogen (secondary N) is 1. The van der Waals surface area contributed by atoms with Crippen LogP contribution in [-0.4, -0.2) is 22.5 Å². The highest BCUT2D eigenvalue weighted by molar-refractivity contribution is 6.32. The first kappa shape index (κ1) is 21.9. The molecular formula is C23H19Cl2FN4O2. The number of fused-ring (bicyclic) bond motifs is 1. The third-order valence-corrected chi connectivity index (χ3v) is 5.03. The van der Waals surface area contributed by atoms with Crippen molar-refractivity contribution in [2.45, 2.75) is 6.61 Å². The van der Waals surface area contributed by atoms with Crippen LogP contribution >= 0.6 is 23.2 Å². The summed E-state index contributed by atoms with van der Waals surface area (Å²) < 4.78 is 24.6. The molecule has 0 bridgehead atoms. The first-order chi connectivity index (χ1) is 15.5. The number of nitrogen functional groups attached to an aromatic ring is 1. The summed E-state index contributed by atoms with van der Waals surface area (Å²) in [5.41, 5.74) is 8.65. The Morgan fingerprint density at radius 3 is 2.66 bits per heavy atom. The summed E-state index contributed by atoms with van der Waals surface area (Å²) in [5.74, 6) is 1.61. The number of nitrogens with two attached hydrogens (primary N) is 1. The fourth-order valence-electron chi connectivity index (χ4n) is 3.09. The Hall–Kier alpha value is -3.29. The SMILES string of the molecule is Nc1cc2c(Nc3ccc(OCc4cccc(F)c4)c(Cl)c3)ncnc2cc1OCCCl. The molecule has 3 N–H and O–H groups in total. The molecule has 0 saturated heterocycles. The van der Waals surface area contributed by atoms with Gasteiger partial charge in [0.15, 0.2) is 0 Å². The predicted octanol–water partition coefficient (Wildman–Crippen LogP) is 5.94. The van der Waals surface area contributed by atoms with Crippen LogP contribution < -0.4 is 20.5 Å². The maximum atomic E-state index is 13.3. The van der Waals surface area contributed by atoms with Crippen molar-refractivity contribution in [3.63, 3.8) is 0 Å². The second kappa shape index (κ2) is 9.89. The largest absolute Gasteiger partial charge is 0.490 e. The van der Waals surface area contributed by atoms with Gasteiger partial charge >= 0.3 is 0 Å². The molecule has 4 rings (SSSR count). The van der Waals surface area contributed by atoms with Crippen LogP contribution in [0.2, 0.25) is 5.02 Å². The maximum Gasteiger partial charge on any atom is 0.144 e. The Kier molecular flexibility index (Phi) is 6.78. The summed E-state index contributed by atoms with van der Waals surface area (Å²) in [6, 6.07) is 15.0. The molecule has 164 valence electrons. The zero-order chi connectivity index (χ0) is 22.5. The van der Waals surface area contributed by atoms with Gasteiger partial charge in [-0.1, -0.05) is 23.7 Å². The minimum atomic E-state index is -0.313. The lowest BCUT2D eigenvalue weighted by molar-refractivity contribution is 0.306. The topological polar surface area (TPSA) is 82.3 Å². The highest BCUT2D eigenvalue weighted by atomic mass is 35.5. The fourth-order valence-corrected chi connectivity index (χ4v) is 3.41. The minimum Gasteiger partial charge on any atom is -0.490 e. The van der Waals surface area contributed by atoms with Crippen molar-refractivity contribution in [3.05, 3.63) is 77.3 Å². The second-order valence-corrected chi connectivity index (χ2v) is 7.64. The molecule has 0 radical (unpaired) electrons. The quantitative estimate of drug-likeness (QED) is 0.243. The van der Waals surface area contributed by atoms with Crippen molar-refractivity contribution in [2.75, 3.05) is 23.5 Å². The predicted molar refractivity (Wildman–Crippen MR) is 126 cm³/mol. The standard InChI is InChI=1S/C23H19Cl2FN4O2/c24-6-7-31-22-11-20-17(10-19(22)27)23(29-13-28-20)30-16-4-5-21(18(25)9-16)32-12-14-2-1-3-15(26)8-14/h1-5,8-11,13H,6-7,12,27H2,(H,28,29,30). The van der Waals surface area contributed by atoms with E-state index in [1.807, 2.05) is 6.07 Å². The van der Waals surface area contributed by atoms with Crippen LogP contribution in [0.15, 0.2) is 60.9 Å². The molecule has 6 nitrogen and oxygen atoms in total. The molecule has 9 heteroatoms. The van der Waals surface area contributed by atoms with Gasteiger partial charge in [0.25, 0.3) is 0 Å². The molecule has 0 atom stereocenters. The fraction of sp³-hybridized carbons (Fsp3) is 0.130. The van der Waals surface area contributed by atoms with Gasteiger partial charge in [-0.15, -0.1) is 11.6 Å². The van der Waals surface area contributed by atoms with E-state index < -0.39 is 0 Å². The smallest absolute Gasteiger partial charge is 0.144 e. The van der Waals surface area contributed by atoms with E-state index in [1.165, 1.54) is 18.5 Å². The van der Waals surface area contributed by atoms with Gasteiger partial charge in [-0.2, -0.15) is 0 Å². The van der Waals surface area contributed by atoms with Crippen LogP contribution in [0.25, 0.3) is 10.9 Å². The lowest BCUT2D eigenvalue weighted by Crippen LogP contribution is -2.03. The molecule has 1 heterocycles. The van der Waals surface area contributed by atoms with Gasteiger partial charge in [-0.05, 0) is 42.0 Å². The molecule has 0 spiro atoms. The monoisotopic (exact) mass is 472 g/mol. The van der Waals surface area contributed by atoms with Gasteiger partial charge < -0.3 is 20.5 Å².